The molecule has 0 bridgehead atoms. The van der Waals surface area contributed by atoms with Crippen LogP contribution in [0, 0.1) is 5.82 Å². The van der Waals surface area contributed by atoms with Gasteiger partial charge in [-0.2, -0.15) is 13.2 Å². The van der Waals surface area contributed by atoms with Crippen molar-refractivity contribution in [2.45, 2.75) is 25.1 Å². The number of hydrogen-bond donors (Lipinski definition) is 2. The van der Waals surface area contributed by atoms with Crippen molar-refractivity contribution < 1.29 is 31.9 Å². The maximum Gasteiger partial charge on any atom is 0.416 e. The molecule has 1 fully saturated rings. The Morgan fingerprint density at radius 1 is 1.02 bits per heavy atom. The van der Waals surface area contributed by atoms with Crippen molar-refractivity contribution in [1.29, 1.82) is 0 Å². The molecule has 0 spiro atoms. The number of carbonyl (C=O) groups is 3. The highest BCUT2D eigenvalue weighted by Crippen LogP contribution is 2.38. The highest BCUT2D eigenvalue weighted by molar-refractivity contribution is 6.16. The quantitative estimate of drug-likeness (QED) is 0.366. The summed E-state index contributed by atoms with van der Waals surface area (Å²) in [5.74, 6) is -3.23. The number of nitrogens with one attached hydrogen (secondary N) is 1. The predicted molar refractivity (Wildman–Crippen MR) is 160 cm³/mol. The number of likely N-dealkylation sites (N-methyl/N-ethyl adjacent to an activating group) is 1. The number of hydrogen-bond acceptors (Lipinski definition) is 5. The molecule has 3 aromatic rings. The van der Waals surface area contributed by atoms with Crippen molar-refractivity contribution in [2.24, 2.45) is 10.7 Å². The van der Waals surface area contributed by atoms with Crippen LogP contribution in [0.25, 0.3) is 0 Å². The second kappa shape index (κ2) is 12.8. The van der Waals surface area contributed by atoms with Gasteiger partial charge in [0.2, 0.25) is 5.91 Å². The minimum atomic E-state index is -4.69. The lowest BCUT2D eigenvalue weighted by Crippen LogP contribution is -2.59. The van der Waals surface area contributed by atoms with Gasteiger partial charge in [-0.05, 0) is 55.0 Å². The van der Waals surface area contributed by atoms with Gasteiger partial charge >= 0.3 is 6.18 Å². The summed E-state index contributed by atoms with van der Waals surface area (Å²) >= 11 is 0. The predicted octanol–water partition coefficient (Wildman–Crippen LogP) is 4.93. The molecule has 0 radical (unpaired) electrons. The van der Waals surface area contributed by atoms with Crippen LogP contribution in [0.5, 0.6) is 0 Å². The summed E-state index contributed by atoms with van der Waals surface area (Å²) in [6.45, 7) is 2.04. The van der Waals surface area contributed by atoms with E-state index < -0.39 is 41.3 Å². The van der Waals surface area contributed by atoms with Crippen molar-refractivity contribution in [3.05, 3.63) is 125 Å². The molecule has 0 aliphatic carbocycles. The summed E-state index contributed by atoms with van der Waals surface area (Å²) in [5.41, 5.74) is 6.77. The van der Waals surface area contributed by atoms with Crippen molar-refractivity contribution in [3.8, 4) is 0 Å². The van der Waals surface area contributed by atoms with Gasteiger partial charge < -0.3 is 16.0 Å². The summed E-state index contributed by atoms with van der Waals surface area (Å²) in [5, 5.41) is 2.63. The van der Waals surface area contributed by atoms with Crippen LogP contribution in [0.1, 0.15) is 34.3 Å². The zero-order chi connectivity index (χ0) is 32.3. The molecule has 2 heterocycles. The van der Waals surface area contributed by atoms with Gasteiger partial charge in [-0.3, -0.25) is 19.3 Å². The number of amidine groups is 1. The van der Waals surface area contributed by atoms with E-state index in [0.29, 0.717) is 29.4 Å². The van der Waals surface area contributed by atoms with Crippen LogP contribution in [0.3, 0.4) is 0 Å². The first kappa shape index (κ1) is 31.2. The fourth-order valence-electron chi connectivity index (χ4n) is 5.41. The number of halogens is 4. The Morgan fingerprint density at radius 2 is 1.73 bits per heavy atom. The van der Waals surface area contributed by atoms with E-state index in [2.05, 4.69) is 5.32 Å². The van der Waals surface area contributed by atoms with Gasteiger partial charge in [-0.1, -0.05) is 42.5 Å². The van der Waals surface area contributed by atoms with Crippen LogP contribution in [0.15, 0.2) is 107 Å². The number of rotatable bonds is 7. The number of nitrogens with two attached hydrogens (primary N) is 1. The summed E-state index contributed by atoms with van der Waals surface area (Å²) in [6.07, 6.45) is -1.60. The average molecular weight is 620 g/mol. The second-order valence-electron chi connectivity index (χ2n) is 10.5. The molecule has 232 valence electrons. The normalized spacial score (nSPS) is 20.6. The van der Waals surface area contributed by atoms with Crippen molar-refractivity contribution >= 4 is 29.2 Å². The minimum Gasteiger partial charge on any atom is -0.400 e. The van der Waals surface area contributed by atoms with E-state index in [0.717, 1.165) is 12.1 Å². The molecule has 8 nitrogen and oxygen atoms in total. The molecule has 2 unspecified atom stereocenters. The Bertz CT molecular complexity index is 1700. The molecule has 0 saturated carbocycles. The highest BCUT2D eigenvalue weighted by atomic mass is 19.4. The standard InChI is InChI=1S/C33H29F4N5O3/c1-2-42-30(39-24-10-4-3-5-11-24)28(25(38)19-41-17-7-12-26(41)43)27(20-13-15-23(34)16-14-20)29(32(42)45)40-31(44)21-8-6-9-22(18-21)33(35,36)37/h3-16,18,27,29H,2,17,19,38H2,1H3,(H,40,44)/b28-25-,39-30?. The van der Waals surface area contributed by atoms with E-state index in [1.54, 1.807) is 43.3 Å². The van der Waals surface area contributed by atoms with E-state index >= 15 is 0 Å². The SMILES string of the molecule is CCN1C(=O)C(NC(=O)c2cccc(C(F)(F)F)c2)C(c2ccc(F)cc2)/C(=C(/N)CN2CC=CC2=O)C1=Nc1ccccc1. The molecule has 5 rings (SSSR count). The van der Waals surface area contributed by atoms with Gasteiger partial charge in [0.1, 0.15) is 17.7 Å². The summed E-state index contributed by atoms with van der Waals surface area (Å²) in [7, 11) is 0. The largest absolute Gasteiger partial charge is 0.416 e. The first-order valence-corrected chi connectivity index (χ1v) is 14.1. The van der Waals surface area contributed by atoms with E-state index in [-0.39, 0.29) is 36.1 Å². The zero-order valence-electron chi connectivity index (χ0n) is 24.1. The Kier molecular flexibility index (Phi) is 8.84. The van der Waals surface area contributed by atoms with Gasteiger partial charge in [-0.25, -0.2) is 9.38 Å². The lowest BCUT2D eigenvalue weighted by atomic mass is 9.78. The number of para-hydroxylation sites is 1. The molecular weight excluding hydrogens is 590 g/mol. The molecule has 45 heavy (non-hydrogen) atoms. The Balaban J connectivity index is 1.68. The maximum atomic E-state index is 14.2. The number of piperidine rings is 1. The number of aliphatic imine (C=N–C) groups is 1. The molecular formula is C33H29F4N5O3. The lowest BCUT2D eigenvalue weighted by molar-refractivity contribution is -0.137. The molecule has 2 aliphatic heterocycles. The molecule has 3 amide bonds. The Morgan fingerprint density at radius 3 is 2.36 bits per heavy atom. The third-order valence-electron chi connectivity index (χ3n) is 7.55. The topological polar surface area (TPSA) is 108 Å². The number of alkyl halides is 3. The van der Waals surface area contributed by atoms with E-state index in [1.165, 1.54) is 46.2 Å². The maximum absolute atomic E-state index is 14.2. The van der Waals surface area contributed by atoms with Gasteiger partial charge in [0.05, 0.1) is 17.8 Å². The number of benzene rings is 3. The van der Waals surface area contributed by atoms with Gasteiger partial charge in [-0.15, -0.1) is 0 Å². The zero-order valence-corrected chi connectivity index (χ0v) is 24.1. The number of nitrogens with zero attached hydrogens (tertiary/aromatic N) is 3. The number of carbonyl (C=O) groups excluding carboxylic acids is 3. The molecule has 2 aliphatic rings. The third-order valence-corrected chi connectivity index (χ3v) is 7.55. The first-order chi connectivity index (χ1) is 21.5. The van der Waals surface area contributed by atoms with Gasteiger partial charge in [0, 0.05) is 41.9 Å². The molecule has 1 saturated heterocycles. The summed E-state index contributed by atoms with van der Waals surface area (Å²) in [4.78, 5) is 47.8. The van der Waals surface area contributed by atoms with Crippen LogP contribution >= 0.6 is 0 Å². The lowest BCUT2D eigenvalue weighted by Gasteiger charge is -2.41. The van der Waals surface area contributed by atoms with Gasteiger partial charge in [0.25, 0.3) is 11.8 Å². The van der Waals surface area contributed by atoms with Crippen LogP contribution in [0.4, 0.5) is 23.2 Å². The van der Waals surface area contributed by atoms with Crippen LogP contribution in [-0.4, -0.2) is 59.0 Å². The fraction of sp³-hybridized carbons (Fsp3) is 0.212. The molecule has 3 N–H and O–H groups in total. The summed E-state index contributed by atoms with van der Waals surface area (Å²) in [6, 6.07) is 16.5. The molecule has 3 aromatic carbocycles. The third kappa shape index (κ3) is 6.64. The van der Waals surface area contributed by atoms with E-state index in [4.69, 9.17) is 10.7 Å². The van der Waals surface area contributed by atoms with Crippen molar-refractivity contribution in [2.75, 3.05) is 19.6 Å². The highest BCUT2D eigenvalue weighted by Gasteiger charge is 2.46. The fourth-order valence-corrected chi connectivity index (χ4v) is 5.41. The average Bonchev–Trinajstić information content (AvgIpc) is 3.42. The Labute approximate surface area is 256 Å². The van der Waals surface area contributed by atoms with Crippen molar-refractivity contribution in [1.82, 2.24) is 15.1 Å². The van der Waals surface area contributed by atoms with Gasteiger partial charge in [0.15, 0.2) is 0 Å². The minimum absolute atomic E-state index is 0.0489. The first-order valence-electron chi connectivity index (χ1n) is 14.1. The molecule has 2 atom stereocenters. The second-order valence-corrected chi connectivity index (χ2v) is 10.5. The van der Waals surface area contributed by atoms with E-state index in [9.17, 15) is 31.9 Å². The number of likely N-dealkylation sites (tertiary alicyclic amines) is 1. The van der Waals surface area contributed by atoms with Crippen LogP contribution in [0.2, 0.25) is 0 Å². The smallest absolute Gasteiger partial charge is 0.400 e. The van der Waals surface area contributed by atoms with Crippen LogP contribution < -0.4 is 11.1 Å². The monoisotopic (exact) mass is 619 g/mol. The summed E-state index contributed by atoms with van der Waals surface area (Å²) < 4.78 is 54.4. The van der Waals surface area contributed by atoms with Crippen molar-refractivity contribution in [3.63, 3.8) is 0 Å². The van der Waals surface area contributed by atoms with E-state index in [1.807, 2.05) is 0 Å². The molecule has 12 heteroatoms. The number of amides is 3. The molecule has 0 aromatic heterocycles. The van der Waals surface area contributed by atoms with Crippen LogP contribution in [-0.2, 0) is 15.8 Å². The Hall–Kier alpha value is -5.26.